The predicted molar refractivity (Wildman–Crippen MR) is 69.5 cm³/mol. The van der Waals surface area contributed by atoms with Crippen LogP contribution in [0.5, 0.6) is 0 Å². The van der Waals surface area contributed by atoms with Crippen LogP contribution in [0.3, 0.4) is 0 Å². The number of likely N-dealkylation sites (tertiary alicyclic amines) is 1. The number of hydrogen-bond donors (Lipinski definition) is 0. The minimum Gasteiger partial charge on any atom is -0.381 e. The SMILES string of the molecule is [CH2]CCN1CCC(CCCOCCC)CC1. The van der Waals surface area contributed by atoms with Crippen molar-refractivity contribution in [2.45, 2.75) is 45.4 Å². The first-order valence-corrected chi connectivity index (χ1v) is 6.96. The first-order chi connectivity index (χ1) is 7.86. The van der Waals surface area contributed by atoms with E-state index in [4.69, 9.17) is 4.74 Å². The zero-order chi connectivity index (χ0) is 11.6. The summed E-state index contributed by atoms with van der Waals surface area (Å²) in [5.41, 5.74) is 0. The minimum atomic E-state index is 0.932. The van der Waals surface area contributed by atoms with E-state index in [0.29, 0.717) is 0 Å². The van der Waals surface area contributed by atoms with Crippen molar-refractivity contribution in [2.75, 3.05) is 32.8 Å². The number of hydrogen-bond acceptors (Lipinski definition) is 2. The molecule has 1 aliphatic heterocycles. The van der Waals surface area contributed by atoms with E-state index in [0.717, 1.165) is 32.0 Å². The highest BCUT2D eigenvalue weighted by Crippen LogP contribution is 2.21. The van der Waals surface area contributed by atoms with E-state index in [1.165, 1.54) is 45.3 Å². The molecule has 0 aromatic rings. The van der Waals surface area contributed by atoms with E-state index in [-0.39, 0.29) is 0 Å². The third-order valence-electron chi connectivity index (χ3n) is 3.43. The highest BCUT2D eigenvalue weighted by molar-refractivity contribution is 4.72. The Hall–Kier alpha value is -0.0800. The molecule has 95 valence electrons. The second kappa shape index (κ2) is 9.00. The fraction of sp³-hybridized carbons (Fsp3) is 0.929. The van der Waals surface area contributed by atoms with E-state index < -0.39 is 0 Å². The average Bonchev–Trinajstić information content (AvgIpc) is 2.31. The van der Waals surface area contributed by atoms with Gasteiger partial charge in [0.25, 0.3) is 0 Å². The van der Waals surface area contributed by atoms with Gasteiger partial charge in [0.2, 0.25) is 0 Å². The van der Waals surface area contributed by atoms with Gasteiger partial charge in [0.1, 0.15) is 0 Å². The number of rotatable bonds is 8. The van der Waals surface area contributed by atoms with Crippen molar-refractivity contribution >= 4 is 0 Å². The van der Waals surface area contributed by atoms with E-state index in [9.17, 15) is 0 Å². The van der Waals surface area contributed by atoms with Gasteiger partial charge in [-0.1, -0.05) is 13.8 Å². The molecule has 16 heavy (non-hydrogen) atoms. The van der Waals surface area contributed by atoms with Gasteiger partial charge in [0, 0.05) is 13.2 Å². The minimum absolute atomic E-state index is 0.932. The summed E-state index contributed by atoms with van der Waals surface area (Å²) < 4.78 is 5.51. The normalized spacial score (nSPS) is 19.1. The highest BCUT2D eigenvalue weighted by Gasteiger charge is 2.17. The molecule has 2 nitrogen and oxygen atoms in total. The molecule has 0 aromatic heterocycles. The van der Waals surface area contributed by atoms with Crippen LogP contribution in [0, 0.1) is 12.8 Å². The van der Waals surface area contributed by atoms with Crippen molar-refractivity contribution in [1.82, 2.24) is 4.90 Å². The van der Waals surface area contributed by atoms with Gasteiger partial charge in [0.05, 0.1) is 0 Å². The predicted octanol–water partition coefficient (Wildman–Crippen LogP) is 3.13. The second-order valence-electron chi connectivity index (χ2n) is 4.89. The summed E-state index contributed by atoms with van der Waals surface area (Å²) in [6.07, 6.45) is 7.57. The number of nitrogens with zero attached hydrogens (tertiary/aromatic N) is 1. The van der Waals surface area contributed by atoms with Gasteiger partial charge in [-0.05, 0) is 64.1 Å². The zero-order valence-electron chi connectivity index (χ0n) is 10.9. The van der Waals surface area contributed by atoms with E-state index >= 15 is 0 Å². The average molecular weight is 226 g/mol. The van der Waals surface area contributed by atoms with Crippen molar-refractivity contribution in [3.63, 3.8) is 0 Å². The zero-order valence-corrected chi connectivity index (χ0v) is 10.9. The van der Waals surface area contributed by atoms with E-state index in [1.807, 2.05) is 0 Å². The summed E-state index contributed by atoms with van der Waals surface area (Å²) in [7, 11) is 0. The van der Waals surface area contributed by atoms with Crippen molar-refractivity contribution < 1.29 is 4.74 Å². The molecule has 1 fully saturated rings. The Morgan fingerprint density at radius 1 is 1.25 bits per heavy atom. The fourth-order valence-corrected chi connectivity index (χ4v) is 2.44. The molecule has 0 bridgehead atoms. The summed E-state index contributed by atoms with van der Waals surface area (Å²) in [5, 5.41) is 0. The molecule has 1 radical (unpaired) electrons. The molecule has 0 aromatic carbocycles. The smallest absolute Gasteiger partial charge is 0.0466 e. The monoisotopic (exact) mass is 226 g/mol. The molecule has 1 rings (SSSR count). The van der Waals surface area contributed by atoms with Crippen molar-refractivity contribution in [3.05, 3.63) is 6.92 Å². The van der Waals surface area contributed by atoms with Gasteiger partial charge >= 0.3 is 0 Å². The maximum atomic E-state index is 5.51. The number of piperidine rings is 1. The Morgan fingerprint density at radius 3 is 2.62 bits per heavy atom. The maximum Gasteiger partial charge on any atom is 0.0466 e. The van der Waals surface area contributed by atoms with Crippen LogP contribution in [0.1, 0.15) is 45.4 Å². The van der Waals surface area contributed by atoms with E-state index in [1.54, 1.807) is 0 Å². The van der Waals surface area contributed by atoms with Crippen molar-refractivity contribution in [3.8, 4) is 0 Å². The lowest BCUT2D eigenvalue weighted by Crippen LogP contribution is -2.34. The van der Waals surface area contributed by atoms with Gasteiger partial charge in [-0.2, -0.15) is 0 Å². The van der Waals surface area contributed by atoms with Crippen LogP contribution >= 0.6 is 0 Å². The molecule has 0 amide bonds. The lowest BCUT2D eigenvalue weighted by molar-refractivity contribution is 0.119. The Kier molecular flexibility index (Phi) is 7.87. The molecule has 1 heterocycles. The first-order valence-electron chi connectivity index (χ1n) is 6.96. The lowest BCUT2D eigenvalue weighted by Gasteiger charge is -2.31. The maximum absolute atomic E-state index is 5.51. The molecule has 0 spiro atoms. The molecular formula is C14H28NO. The lowest BCUT2D eigenvalue weighted by atomic mass is 9.92. The van der Waals surface area contributed by atoms with Crippen LogP contribution in [0.4, 0.5) is 0 Å². The molecule has 1 aliphatic rings. The fourth-order valence-electron chi connectivity index (χ4n) is 2.44. The Morgan fingerprint density at radius 2 is 2.00 bits per heavy atom. The Labute approximate surface area is 101 Å². The molecular weight excluding hydrogens is 198 g/mol. The van der Waals surface area contributed by atoms with Crippen LogP contribution in [0.15, 0.2) is 0 Å². The molecule has 0 atom stereocenters. The van der Waals surface area contributed by atoms with Gasteiger partial charge < -0.3 is 9.64 Å². The van der Waals surface area contributed by atoms with Gasteiger partial charge in [0.15, 0.2) is 0 Å². The standard InChI is InChI=1S/C14H28NO/c1-3-9-15-10-7-14(8-11-15)6-5-13-16-12-4-2/h14H,1,3-13H2,2H3. The van der Waals surface area contributed by atoms with Gasteiger partial charge in [-0.15, -0.1) is 0 Å². The third-order valence-corrected chi connectivity index (χ3v) is 3.43. The summed E-state index contributed by atoms with van der Waals surface area (Å²) in [6, 6.07) is 0. The molecule has 0 N–H and O–H groups in total. The van der Waals surface area contributed by atoms with Gasteiger partial charge in [-0.3, -0.25) is 0 Å². The largest absolute Gasteiger partial charge is 0.381 e. The van der Waals surface area contributed by atoms with Crippen LogP contribution < -0.4 is 0 Å². The Balaban J connectivity index is 1.95. The van der Waals surface area contributed by atoms with Crippen LogP contribution in [0.2, 0.25) is 0 Å². The summed E-state index contributed by atoms with van der Waals surface area (Å²) in [6.45, 7) is 11.7. The van der Waals surface area contributed by atoms with Crippen LogP contribution in [0.25, 0.3) is 0 Å². The van der Waals surface area contributed by atoms with Crippen LogP contribution in [-0.4, -0.2) is 37.7 Å². The first kappa shape index (κ1) is 14.0. The van der Waals surface area contributed by atoms with Crippen molar-refractivity contribution in [2.24, 2.45) is 5.92 Å². The summed E-state index contributed by atoms with van der Waals surface area (Å²) >= 11 is 0. The highest BCUT2D eigenvalue weighted by atomic mass is 16.5. The molecule has 1 saturated heterocycles. The quantitative estimate of drug-likeness (QED) is 0.590. The van der Waals surface area contributed by atoms with E-state index in [2.05, 4.69) is 18.7 Å². The molecule has 0 unspecified atom stereocenters. The molecule has 0 saturated carbocycles. The molecule has 0 aliphatic carbocycles. The van der Waals surface area contributed by atoms with Gasteiger partial charge in [-0.25, -0.2) is 0 Å². The number of ether oxygens (including phenoxy) is 1. The summed E-state index contributed by atoms with van der Waals surface area (Å²) in [5.74, 6) is 0.950. The third kappa shape index (κ3) is 5.86. The second-order valence-corrected chi connectivity index (χ2v) is 4.89. The van der Waals surface area contributed by atoms with Crippen molar-refractivity contribution in [1.29, 1.82) is 0 Å². The Bertz CT molecular complexity index is 153. The topological polar surface area (TPSA) is 12.5 Å². The van der Waals surface area contributed by atoms with Crippen LogP contribution in [-0.2, 0) is 4.74 Å². The summed E-state index contributed by atoms with van der Waals surface area (Å²) in [4.78, 5) is 2.55. The molecule has 2 heteroatoms.